The van der Waals surface area contributed by atoms with Gasteiger partial charge in [0.2, 0.25) is 0 Å². The van der Waals surface area contributed by atoms with Gasteiger partial charge in [0.15, 0.2) is 6.10 Å². The standard InChI is InChI=1S/C26H28N2O3/c1-16-7-13-23(19(4)14-16)27-26(30)21-9-11-22(12-10-21)31-20(5)25(29)28-24-15-17(2)6-8-18(24)3/h6-15,20H,1-5H3,(H,27,30)(H,28,29)/t20-/m0/s1. The van der Waals surface area contributed by atoms with Gasteiger partial charge in [0.25, 0.3) is 11.8 Å². The maximum absolute atomic E-state index is 12.5. The van der Waals surface area contributed by atoms with E-state index in [-0.39, 0.29) is 11.8 Å². The van der Waals surface area contributed by atoms with Gasteiger partial charge in [0.05, 0.1) is 0 Å². The molecule has 2 amide bonds. The predicted octanol–water partition coefficient (Wildman–Crippen LogP) is 5.58. The molecule has 0 radical (unpaired) electrons. The number of benzene rings is 3. The van der Waals surface area contributed by atoms with Crippen LogP contribution in [0.1, 0.15) is 39.5 Å². The van der Waals surface area contributed by atoms with E-state index in [4.69, 9.17) is 4.74 Å². The second-order valence-electron chi connectivity index (χ2n) is 7.86. The number of ether oxygens (including phenoxy) is 1. The van der Waals surface area contributed by atoms with Crippen molar-refractivity contribution in [3.63, 3.8) is 0 Å². The minimum absolute atomic E-state index is 0.195. The number of carbonyl (C=O) groups is 2. The van der Waals surface area contributed by atoms with Crippen molar-refractivity contribution in [2.75, 3.05) is 10.6 Å². The van der Waals surface area contributed by atoms with E-state index in [0.29, 0.717) is 11.3 Å². The molecule has 5 nitrogen and oxygen atoms in total. The van der Waals surface area contributed by atoms with Crippen LogP contribution < -0.4 is 15.4 Å². The van der Waals surface area contributed by atoms with E-state index >= 15 is 0 Å². The summed E-state index contributed by atoms with van der Waals surface area (Å²) in [5.41, 5.74) is 6.30. The van der Waals surface area contributed by atoms with Gasteiger partial charge in [-0.05, 0) is 87.7 Å². The van der Waals surface area contributed by atoms with E-state index in [1.807, 2.05) is 64.1 Å². The zero-order valence-electron chi connectivity index (χ0n) is 18.6. The molecule has 0 saturated heterocycles. The van der Waals surface area contributed by atoms with E-state index in [1.165, 1.54) is 0 Å². The SMILES string of the molecule is Cc1ccc(NC(=O)c2ccc(O[C@@H](C)C(=O)Nc3cc(C)ccc3C)cc2)c(C)c1. The molecule has 3 aromatic carbocycles. The molecule has 0 aliphatic heterocycles. The van der Waals surface area contributed by atoms with Gasteiger partial charge >= 0.3 is 0 Å². The van der Waals surface area contributed by atoms with E-state index in [2.05, 4.69) is 10.6 Å². The van der Waals surface area contributed by atoms with Crippen LogP contribution in [0.2, 0.25) is 0 Å². The van der Waals surface area contributed by atoms with Crippen LogP contribution >= 0.6 is 0 Å². The number of rotatable bonds is 6. The average molecular weight is 417 g/mol. The summed E-state index contributed by atoms with van der Waals surface area (Å²) in [6.07, 6.45) is -0.685. The maximum Gasteiger partial charge on any atom is 0.265 e. The molecule has 0 unspecified atom stereocenters. The second-order valence-corrected chi connectivity index (χ2v) is 7.86. The molecule has 0 aliphatic rings. The summed E-state index contributed by atoms with van der Waals surface area (Å²) in [7, 11) is 0. The van der Waals surface area contributed by atoms with Gasteiger partial charge in [-0.15, -0.1) is 0 Å². The van der Waals surface area contributed by atoms with Gasteiger partial charge in [0.1, 0.15) is 5.75 Å². The Morgan fingerprint density at radius 1 is 0.742 bits per heavy atom. The third kappa shape index (κ3) is 5.72. The Labute approximate surface area is 183 Å². The summed E-state index contributed by atoms with van der Waals surface area (Å²) < 4.78 is 5.76. The zero-order chi connectivity index (χ0) is 22.5. The number of aryl methyl sites for hydroxylation is 4. The number of carbonyl (C=O) groups excluding carboxylic acids is 2. The first-order chi connectivity index (χ1) is 14.7. The first-order valence-electron chi connectivity index (χ1n) is 10.3. The lowest BCUT2D eigenvalue weighted by Gasteiger charge is -2.16. The van der Waals surface area contributed by atoms with Gasteiger partial charge in [-0.1, -0.05) is 29.8 Å². The molecule has 0 heterocycles. The molecule has 3 aromatic rings. The maximum atomic E-state index is 12.5. The van der Waals surface area contributed by atoms with Crippen molar-refractivity contribution < 1.29 is 14.3 Å². The Balaban J connectivity index is 1.61. The summed E-state index contributed by atoms with van der Waals surface area (Å²) in [5.74, 6) is 0.0938. The average Bonchev–Trinajstić information content (AvgIpc) is 2.73. The molecule has 5 heteroatoms. The monoisotopic (exact) mass is 416 g/mol. The van der Waals surface area contributed by atoms with Gasteiger partial charge in [-0.25, -0.2) is 0 Å². The summed E-state index contributed by atoms with van der Waals surface area (Å²) in [4.78, 5) is 25.1. The molecule has 1 atom stereocenters. The lowest BCUT2D eigenvalue weighted by Crippen LogP contribution is -2.30. The van der Waals surface area contributed by atoms with Crippen molar-refractivity contribution in [1.29, 1.82) is 0 Å². The van der Waals surface area contributed by atoms with Crippen molar-refractivity contribution in [1.82, 2.24) is 0 Å². The smallest absolute Gasteiger partial charge is 0.265 e. The Morgan fingerprint density at radius 2 is 1.39 bits per heavy atom. The third-order valence-electron chi connectivity index (χ3n) is 5.08. The van der Waals surface area contributed by atoms with Gasteiger partial charge < -0.3 is 15.4 Å². The third-order valence-corrected chi connectivity index (χ3v) is 5.08. The summed E-state index contributed by atoms with van der Waals surface area (Å²) in [6, 6.07) is 18.5. The highest BCUT2D eigenvalue weighted by Crippen LogP contribution is 2.20. The van der Waals surface area contributed by atoms with Crippen LogP contribution in [0.3, 0.4) is 0 Å². The summed E-state index contributed by atoms with van der Waals surface area (Å²) >= 11 is 0. The first kappa shape index (κ1) is 22.1. The van der Waals surface area contributed by atoms with E-state index < -0.39 is 6.10 Å². The fourth-order valence-corrected chi connectivity index (χ4v) is 3.20. The lowest BCUT2D eigenvalue weighted by molar-refractivity contribution is -0.122. The highest BCUT2D eigenvalue weighted by Gasteiger charge is 2.16. The highest BCUT2D eigenvalue weighted by molar-refractivity contribution is 6.04. The molecule has 160 valence electrons. The largest absolute Gasteiger partial charge is 0.481 e. The number of anilines is 2. The first-order valence-corrected chi connectivity index (χ1v) is 10.3. The van der Waals surface area contributed by atoms with Crippen LogP contribution in [-0.2, 0) is 4.79 Å². The lowest BCUT2D eigenvalue weighted by atomic mass is 10.1. The van der Waals surface area contributed by atoms with Crippen LogP contribution in [-0.4, -0.2) is 17.9 Å². The van der Waals surface area contributed by atoms with Crippen molar-refractivity contribution in [2.45, 2.75) is 40.7 Å². The Hall–Kier alpha value is -3.60. The quantitative estimate of drug-likeness (QED) is 0.551. The van der Waals surface area contributed by atoms with Crippen LogP contribution in [0.5, 0.6) is 5.75 Å². The van der Waals surface area contributed by atoms with Crippen LogP contribution in [0.25, 0.3) is 0 Å². The summed E-state index contributed by atoms with van der Waals surface area (Å²) in [5, 5.41) is 5.83. The van der Waals surface area contributed by atoms with E-state index in [9.17, 15) is 9.59 Å². The van der Waals surface area contributed by atoms with Crippen molar-refractivity contribution in [2.24, 2.45) is 0 Å². The Bertz CT molecular complexity index is 1100. The second kappa shape index (κ2) is 9.47. The molecule has 0 aromatic heterocycles. The normalized spacial score (nSPS) is 11.5. The molecule has 0 saturated carbocycles. The number of hydrogen-bond acceptors (Lipinski definition) is 3. The molecular formula is C26H28N2O3. The summed E-state index contributed by atoms with van der Waals surface area (Å²) in [6.45, 7) is 9.60. The minimum atomic E-state index is -0.685. The van der Waals surface area contributed by atoms with Gasteiger partial charge in [0, 0.05) is 16.9 Å². The van der Waals surface area contributed by atoms with Crippen molar-refractivity contribution in [3.8, 4) is 5.75 Å². The molecule has 31 heavy (non-hydrogen) atoms. The highest BCUT2D eigenvalue weighted by atomic mass is 16.5. The van der Waals surface area contributed by atoms with Crippen LogP contribution in [0, 0.1) is 27.7 Å². The molecule has 0 fully saturated rings. The molecule has 0 bridgehead atoms. The molecular weight excluding hydrogens is 388 g/mol. The van der Waals surface area contributed by atoms with Gasteiger partial charge in [-0.2, -0.15) is 0 Å². The van der Waals surface area contributed by atoms with E-state index in [1.54, 1.807) is 31.2 Å². The number of hydrogen-bond donors (Lipinski definition) is 2. The Morgan fingerprint density at radius 3 is 2.06 bits per heavy atom. The van der Waals surface area contributed by atoms with E-state index in [0.717, 1.165) is 33.6 Å². The fourth-order valence-electron chi connectivity index (χ4n) is 3.20. The van der Waals surface area contributed by atoms with Crippen LogP contribution in [0.4, 0.5) is 11.4 Å². The number of nitrogens with one attached hydrogen (secondary N) is 2. The fraction of sp³-hybridized carbons (Fsp3) is 0.231. The Kier molecular flexibility index (Phi) is 6.75. The predicted molar refractivity (Wildman–Crippen MR) is 125 cm³/mol. The topological polar surface area (TPSA) is 67.4 Å². The van der Waals surface area contributed by atoms with Crippen molar-refractivity contribution in [3.05, 3.63) is 88.5 Å². The van der Waals surface area contributed by atoms with Crippen molar-refractivity contribution >= 4 is 23.2 Å². The number of amides is 2. The minimum Gasteiger partial charge on any atom is -0.481 e. The molecule has 3 rings (SSSR count). The molecule has 2 N–H and O–H groups in total. The zero-order valence-corrected chi connectivity index (χ0v) is 18.6. The van der Waals surface area contributed by atoms with Crippen LogP contribution in [0.15, 0.2) is 60.7 Å². The molecule has 0 spiro atoms. The van der Waals surface area contributed by atoms with Gasteiger partial charge in [-0.3, -0.25) is 9.59 Å². The molecule has 0 aliphatic carbocycles.